The lowest BCUT2D eigenvalue weighted by Gasteiger charge is -2.46. The summed E-state index contributed by atoms with van der Waals surface area (Å²) in [5.74, 6) is 0.215. The molecule has 0 unspecified atom stereocenters. The van der Waals surface area contributed by atoms with Gasteiger partial charge in [-0.2, -0.15) is 13.2 Å². The zero-order valence-corrected chi connectivity index (χ0v) is 15.9. The lowest BCUT2D eigenvalue weighted by atomic mass is 9.67. The molecule has 4 nitrogen and oxygen atoms in total. The second-order valence-electron chi connectivity index (χ2n) is 8.61. The molecule has 7 heteroatoms. The molecule has 2 heterocycles. The van der Waals surface area contributed by atoms with Gasteiger partial charge in [0.1, 0.15) is 0 Å². The van der Waals surface area contributed by atoms with Crippen LogP contribution in [0.5, 0.6) is 0 Å². The molecule has 1 N–H and O–H groups in total. The Morgan fingerprint density at radius 3 is 2.46 bits per heavy atom. The highest BCUT2D eigenvalue weighted by molar-refractivity contribution is 5.83. The van der Waals surface area contributed by atoms with Crippen LogP contribution in [-0.2, 0) is 15.8 Å². The van der Waals surface area contributed by atoms with Crippen molar-refractivity contribution in [1.82, 2.24) is 10.2 Å². The summed E-state index contributed by atoms with van der Waals surface area (Å²) in [7, 11) is 0. The lowest BCUT2D eigenvalue weighted by molar-refractivity contribution is -0.142. The Bertz CT molecular complexity index is 791. The first kappa shape index (κ1) is 19.3. The molecule has 1 saturated carbocycles. The van der Waals surface area contributed by atoms with Crippen molar-refractivity contribution in [3.8, 4) is 0 Å². The van der Waals surface area contributed by atoms with Crippen LogP contribution < -0.4 is 5.32 Å². The summed E-state index contributed by atoms with van der Waals surface area (Å²) >= 11 is 0. The molecule has 2 saturated heterocycles. The Morgan fingerprint density at radius 2 is 1.89 bits per heavy atom. The minimum atomic E-state index is -4.34. The number of carbonyl (C=O) groups is 2. The van der Waals surface area contributed by atoms with Gasteiger partial charge in [0, 0.05) is 31.0 Å². The van der Waals surface area contributed by atoms with Crippen molar-refractivity contribution >= 4 is 11.8 Å². The number of piperidine rings is 1. The summed E-state index contributed by atoms with van der Waals surface area (Å²) in [4.78, 5) is 26.0. The first-order valence-corrected chi connectivity index (χ1v) is 9.94. The maximum atomic E-state index is 13.2. The van der Waals surface area contributed by atoms with Crippen molar-refractivity contribution in [2.45, 2.75) is 63.1 Å². The molecule has 1 aromatic carbocycles. The van der Waals surface area contributed by atoms with E-state index in [1.54, 1.807) is 12.1 Å². The number of amides is 2. The highest BCUT2D eigenvalue weighted by atomic mass is 19.4. The number of aryl methyl sites for hydroxylation is 1. The molecule has 1 aliphatic carbocycles. The van der Waals surface area contributed by atoms with Crippen LogP contribution in [0.1, 0.15) is 61.1 Å². The number of hydrogen-bond acceptors (Lipinski definition) is 2. The maximum Gasteiger partial charge on any atom is 0.416 e. The standard InChI is InChI=1S/C21H25F3N2O2/c1-13-2-3-15(10-17(13)21(22,23)24)14-5-8-26(9-6-14)19(28)16-11-20(12-16)7-4-18(27)25-20/h2-3,10,14,16H,4-9,11-12H2,1H3,(H,25,27)/t16-,20+. The summed E-state index contributed by atoms with van der Waals surface area (Å²) < 4.78 is 39.5. The minimum absolute atomic E-state index is 0.0360. The zero-order chi connectivity index (χ0) is 20.1. The number of nitrogens with one attached hydrogen (secondary N) is 1. The number of nitrogens with zero attached hydrogens (tertiary/aromatic N) is 1. The quantitative estimate of drug-likeness (QED) is 0.830. The average Bonchev–Trinajstić information content (AvgIpc) is 3.02. The smallest absolute Gasteiger partial charge is 0.351 e. The second-order valence-corrected chi connectivity index (χ2v) is 8.61. The van der Waals surface area contributed by atoms with E-state index in [1.807, 2.05) is 4.90 Å². The Kier molecular flexibility index (Phi) is 4.67. The van der Waals surface area contributed by atoms with E-state index < -0.39 is 11.7 Å². The van der Waals surface area contributed by atoms with Crippen molar-refractivity contribution in [2.75, 3.05) is 13.1 Å². The second kappa shape index (κ2) is 6.78. The van der Waals surface area contributed by atoms with Gasteiger partial charge < -0.3 is 10.2 Å². The molecule has 28 heavy (non-hydrogen) atoms. The fraction of sp³-hybridized carbons (Fsp3) is 0.619. The Morgan fingerprint density at radius 1 is 1.21 bits per heavy atom. The van der Waals surface area contributed by atoms with Crippen molar-refractivity contribution in [3.63, 3.8) is 0 Å². The molecule has 0 bridgehead atoms. The van der Waals surface area contributed by atoms with Crippen molar-refractivity contribution in [3.05, 3.63) is 34.9 Å². The van der Waals surface area contributed by atoms with Crippen LogP contribution >= 0.6 is 0 Å². The molecule has 3 fully saturated rings. The normalized spacial score (nSPS) is 28.4. The van der Waals surface area contributed by atoms with Crippen LogP contribution in [0.3, 0.4) is 0 Å². The number of rotatable bonds is 2. The van der Waals surface area contributed by atoms with E-state index in [9.17, 15) is 22.8 Å². The first-order chi connectivity index (χ1) is 13.2. The minimum Gasteiger partial charge on any atom is -0.351 e. The molecule has 0 aromatic heterocycles. The predicted molar refractivity (Wildman–Crippen MR) is 97.6 cm³/mol. The zero-order valence-electron chi connectivity index (χ0n) is 15.9. The highest BCUT2D eigenvalue weighted by Gasteiger charge is 2.51. The topological polar surface area (TPSA) is 49.4 Å². The van der Waals surface area contributed by atoms with Crippen molar-refractivity contribution < 1.29 is 22.8 Å². The molecule has 2 aliphatic heterocycles. The van der Waals surface area contributed by atoms with Gasteiger partial charge in [-0.15, -0.1) is 0 Å². The van der Waals surface area contributed by atoms with E-state index in [0.717, 1.165) is 6.42 Å². The summed E-state index contributed by atoms with van der Waals surface area (Å²) in [6.45, 7) is 2.63. The van der Waals surface area contributed by atoms with E-state index in [0.29, 0.717) is 50.8 Å². The van der Waals surface area contributed by atoms with E-state index in [1.165, 1.54) is 13.0 Å². The number of hydrogen-bond donors (Lipinski definition) is 1. The van der Waals surface area contributed by atoms with Gasteiger partial charge in [-0.3, -0.25) is 9.59 Å². The number of likely N-dealkylation sites (tertiary alicyclic amines) is 1. The molecule has 4 rings (SSSR count). The fourth-order valence-electron chi connectivity index (χ4n) is 5.03. The predicted octanol–water partition coefficient (Wildman–Crippen LogP) is 3.78. The van der Waals surface area contributed by atoms with Crippen molar-refractivity contribution in [1.29, 1.82) is 0 Å². The van der Waals surface area contributed by atoms with Crippen LogP contribution in [0.25, 0.3) is 0 Å². The van der Waals surface area contributed by atoms with Crippen LogP contribution in [-0.4, -0.2) is 35.3 Å². The summed E-state index contributed by atoms with van der Waals surface area (Å²) in [6.07, 6.45) is -0.196. The number of carbonyl (C=O) groups excluding carboxylic acids is 2. The van der Waals surface area contributed by atoms with E-state index >= 15 is 0 Å². The molecule has 1 aromatic rings. The monoisotopic (exact) mass is 394 g/mol. The summed E-state index contributed by atoms with van der Waals surface area (Å²) in [5, 5.41) is 3.00. The Labute approximate surface area is 162 Å². The molecular weight excluding hydrogens is 369 g/mol. The average molecular weight is 394 g/mol. The van der Waals surface area contributed by atoms with Gasteiger partial charge in [0.05, 0.1) is 5.56 Å². The molecule has 3 aliphatic rings. The third-order valence-electron chi connectivity index (χ3n) is 6.70. The molecule has 2 amide bonds. The van der Waals surface area contributed by atoms with Gasteiger partial charge in [0.2, 0.25) is 11.8 Å². The summed E-state index contributed by atoms with van der Waals surface area (Å²) in [6, 6.07) is 4.60. The maximum absolute atomic E-state index is 13.2. The summed E-state index contributed by atoms with van der Waals surface area (Å²) in [5.41, 5.74) is 0.219. The van der Waals surface area contributed by atoms with Crippen LogP contribution in [0.2, 0.25) is 0 Å². The van der Waals surface area contributed by atoms with Gasteiger partial charge in [0.15, 0.2) is 0 Å². The van der Waals surface area contributed by atoms with E-state index in [2.05, 4.69) is 5.32 Å². The molecule has 0 radical (unpaired) electrons. The fourth-order valence-corrected chi connectivity index (χ4v) is 5.03. The molecule has 0 atom stereocenters. The highest BCUT2D eigenvalue weighted by Crippen LogP contribution is 2.45. The van der Waals surface area contributed by atoms with Gasteiger partial charge >= 0.3 is 6.18 Å². The third-order valence-corrected chi connectivity index (χ3v) is 6.70. The van der Waals surface area contributed by atoms with Gasteiger partial charge in [-0.05, 0) is 62.1 Å². The first-order valence-electron chi connectivity index (χ1n) is 9.94. The lowest BCUT2D eigenvalue weighted by Crippen LogP contribution is -2.57. The van der Waals surface area contributed by atoms with Crippen molar-refractivity contribution in [2.24, 2.45) is 5.92 Å². The molecule has 1 spiro atoms. The van der Waals surface area contributed by atoms with Gasteiger partial charge in [-0.25, -0.2) is 0 Å². The Balaban J connectivity index is 1.34. The SMILES string of the molecule is Cc1ccc(C2CCN(C(=O)[C@H]3C[C@]4(CCC(=O)N4)C3)CC2)cc1C(F)(F)F. The molecule has 152 valence electrons. The van der Waals surface area contributed by atoms with Gasteiger partial charge in [-0.1, -0.05) is 12.1 Å². The van der Waals surface area contributed by atoms with Gasteiger partial charge in [0.25, 0.3) is 0 Å². The molecular formula is C21H25F3N2O2. The van der Waals surface area contributed by atoms with E-state index in [4.69, 9.17) is 0 Å². The number of halogens is 3. The van der Waals surface area contributed by atoms with Crippen LogP contribution in [0.4, 0.5) is 13.2 Å². The van der Waals surface area contributed by atoms with E-state index in [-0.39, 0.29) is 34.8 Å². The Hall–Kier alpha value is -2.05. The number of alkyl halides is 3. The largest absolute Gasteiger partial charge is 0.416 e. The van der Waals surface area contributed by atoms with Crippen LogP contribution in [0, 0.1) is 12.8 Å². The van der Waals surface area contributed by atoms with Crippen LogP contribution in [0.15, 0.2) is 18.2 Å². The third kappa shape index (κ3) is 3.51. The number of benzene rings is 1.